The van der Waals surface area contributed by atoms with Crippen LogP contribution in [0, 0.1) is 11.8 Å². The summed E-state index contributed by atoms with van der Waals surface area (Å²) >= 11 is 0. The fourth-order valence-electron chi connectivity index (χ4n) is 33.5. The second-order valence-corrected chi connectivity index (χ2v) is 46.8. The van der Waals surface area contributed by atoms with Gasteiger partial charge in [0.1, 0.15) is 0 Å². The average Bonchev–Trinajstić information content (AvgIpc) is 1.29. The third kappa shape index (κ3) is 14.6. The lowest BCUT2D eigenvalue weighted by molar-refractivity contribution is -0.166. The van der Waals surface area contributed by atoms with E-state index in [4.69, 9.17) is 22.9 Å². The summed E-state index contributed by atoms with van der Waals surface area (Å²) in [6.07, 6.45) is 38.9. The molecule has 18 atom stereocenters. The number of piperidine rings is 6. The molecular formula is C113H149N11O13. The van der Waals surface area contributed by atoms with E-state index >= 15 is 0 Å². The van der Waals surface area contributed by atoms with Crippen LogP contribution in [-0.4, -0.2) is 258 Å². The van der Waals surface area contributed by atoms with Crippen molar-refractivity contribution < 1.29 is 64.5 Å². The molecule has 12 bridgehead atoms. The van der Waals surface area contributed by atoms with Crippen LogP contribution in [-0.2, 0) is 71.0 Å². The Morgan fingerprint density at radius 2 is 0.504 bits per heavy atom. The van der Waals surface area contributed by atoms with E-state index in [2.05, 4.69) is 93.2 Å². The summed E-state index contributed by atoms with van der Waals surface area (Å²) in [7, 11) is 10.2. The van der Waals surface area contributed by atoms with E-state index in [-0.39, 0.29) is 98.3 Å². The topological polar surface area (TPSA) is 380 Å². The summed E-state index contributed by atoms with van der Waals surface area (Å²) in [5.41, 5.74) is 35.2. The first-order chi connectivity index (χ1) is 65.5. The first-order valence-electron chi connectivity index (χ1n) is 52.6. The molecule has 6 saturated heterocycles. The molecule has 734 valence electrons. The van der Waals surface area contributed by atoms with E-state index in [9.17, 15) is 64.5 Å². The molecule has 6 aliphatic heterocycles. The number of carboxylic acid groups (broad SMARTS) is 1. The number of hydrogen-bond donors (Lipinski definition) is 12. The fraction of sp³-hybridized carbons (Fsp3) is 0.628. The molecule has 16 N–H and O–H groups in total. The monoisotopic (exact) mass is 1870 g/mol. The van der Waals surface area contributed by atoms with Gasteiger partial charge in [-0.2, -0.15) is 0 Å². The number of rotatable bonds is 10. The van der Waals surface area contributed by atoms with Crippen molar-refractivity contribution >= 4 is 35.5 Å². The highest BCUT2D eigenvalue weighted by atomic mass is 16.4. The van der Waals surface area contributed by atoms with Gasteiger partial charge in [-0.25, -0.2) is 4.79 Å². The molecule has 8 saturated carbocycles. The molecule has 0 aromatic heterocycles. The molecule has 20 aliphatic rings. The van der Waals surface area contributed by atoms with Gasteiger partial charge in [0.15, 0.2) is 0 Å². The third-order valence-corrected chi connectivity index (χ3v) is 41.0. The summed E-state index contributed by atoms with van der Waals surface area (Å²) in [6.45, 7) is 8.46. The molecule has 6 aromatic rings. The lowest BCUT2D eigenvalue weighted by Crippen LogP contribution is -2.72. The Kier molecular flexibility index (Phi) is 24.1. The highest BCUT2D eigenvalue weighted by Crippen LogP contribution is 2.66. The molecule has 24 heteroatoms. The van der Waals surface area contributed by atoms with Crippen LogP contribution in [0.1, 0.15) is 334 Å². The first-order valence-corrected chi connectivity index (χ1v) is 52.6. The molecule has 137 heavy (non-hydrogen) atoms. The zero-order chi connectivity index (χ0) is 95.9. The maximum atomic E-state index is 12.1. The van der Waals surface area contributed by atoms with Crippen LogP contribution >= 0.6 is 0 Å². The Morgan fingerprint density at radius 1 is 0.292 bits per heavy atom. The molecule has 26 rings (SSSR count). The Morgan fingerprint density at radius 3 is 0.759 bits per heavy atom. The summed E-state index contributed by atoms with van der Waals surface area (Å²) in [5.74, 6) is -0.734. The number of carbonyl (C=O) groups excluding carboxylic acids is 5. The Hall–Kier alpha value is -8.34. The van der Waals surface area contributed by atoms with Gasteiger partial charge >= 0.3 is 5.97 Å². The number of likely N-dealkylation sites (tertiary alicyclic amines) is 6. The number of nitrogens with two attached hydrogens (primary N) is 4. The van der Waals surface area contributed by atoms with Crippen LogP contribution in [0.25, 0.3) is 0 Å². The minimum atomic E-state index is -0.881. The standard InChI is InChI=1S/C21H28N2O2.C20H26N2O2.C19H26N2O2.C18H24N2O2.C18H23NO3.C17H22N2O2/c22-19(24)16-6-5-15-12-18-21(25)8-2-1-7-20(21,17(15)11-16)9-10-23(18)13-14-3-4-14;21-18(23)15-5-4-14-11-17-20(24)7-1-6-19(20,16(14)10-15)8-9-22(17)12-13-2-3-13;1-20-17(22)14-6-5-13-12-16-19(23)8-4-3-7-18(19,15(13)11-14)9-10-21(16)2;1-20-9-8-17-6-2-3-7-18(17,22)15(20)11-12-4-5-13(16(19)21)10-14(12)17;1-19-9-8-17-6-2-3-7-18(17,22)15(19)11-12-4-5-13(16(20)21)10-14(12)17;1-19-8-7-16-5-2-6-17(16,21)14(19)10-11-3-4-12(15(18)20)9-13(11)16/h5-6,11,14,18,25H,1-4,7-10,12-13H2,(H2,22,24);4-5,10,13,17,24H,1-3,6-9,11-12H2,(H2,21,23);5-6,11,16,23H,3-4,7-10,12H2,1-2H3,(H,20,22);4-5,10,15,22H,2-3,6-9,11H2,1H3,(H2,19,21);4-5,10,15,22H,2-3,6-9,11H2,1H3,(H,20,21);3-4,9,14,21H,2,5-8,10H2,1H3,(H2,18,20). The number of hydrogen-bond acceptors (Lipinski definition) is 18. The van der Waals surface area contributed by atoms with Crippen molar-refractivity contribution in [3.63, 3.8) is 0 Å². The number of amides is 5. The lowest BCUT2D eigenvalue weighted by atomic mass is 9.49. The number of likely N-dealkylation sites (N-methyl/N-ethyl adjacent to an activating group) is 4. The van der Waals surface area contributed by atoms with Gasteiger partial charge in [-0.3, -0.25) is 33.8 Å². The van der Waals surface area contributed by atoms with Gasteiger partial charge in [0.05, 0.1) is 39.2 Å². The summed E-state index contributed by atoms with van der Waals surface area (Å²) in [6, 6.07) is 36.4. The van der Waals surface area contributed by atoms with E-state index < -0.39 is 39.6 Å². The minimum absolute atomic E-state index is 0.0430. The van der Waals surface area contributed by atoms with Crippen molar-refractivity contribution in [3.05, 3.63) is 209 Å². The number of primary amides is 4. The van der Waals surface area contributed by atoms with E-state index in [1.165, 1.54) is 93.3 Å². The maximum Gasteiger partial charge on any atom is 0.335 e. The van der Waals surface area contributed by atoms with Crippen molar-refractivity contribution in [2.24, 2.45) is 34.8 Å². The van der Waals surface area contributed by atoms with Crippen molar-refractivity contribution in [1.82, 2.24) is 34.7 Å². The van der Waals surface area contributed by atoms with E-state index in [1.807, 2.05) is 72.8 Å². The Bertz CT molecular complexity index is 5690. The fourth-order valence-corrected chi connectivity index (χ4v) is 33.5. The molecule has 14 aliphatic carbocycles. The molecule has 0 radical (unpaired) electrons. The van der Waals surface area contributed by atoms with Gasteiger partial charge in [-0.15, -0.1) is 0 Å². The van der Waals surface area contributed by atoms with E-state index in [0.29, 0.717) is 33.4 Å². The first kappa shape index (κ1) is 94.9. The van der Waals surface area contributed by atoms with Crippen molar-refractivity contribution in [3.8, 4) is 0 Å². The lowest BCUT2D eigenvalue weighted by Gasteiger charge is -2.64. The Labute approximate surface area is 808 Å². The number of aliphatic hydroxyl groups is 6. The van der Waals surface area contributed by atoms with Gasteiger partial charge in [-0.05, 0) is 411 Å². The smallest absolute Gasteiger partial charge is 0.335 e. The van der Waals surface area contributed by atoms with E-state index in [1.54, 1.807) is 13.1 Å². The second-order valence-electron chi connectivity index (χ2n) is 46.8. The molecule has 24 nitrogen and oxygen atoms in total. The van der Waals surface area contributed by atoms with Gasteiger partial charge in [0.25, 0.3) is 5.91 Å². The predicted octanol–water partition coefficient (Wildman–Crippen LogP) is 11.2. The Balaban J connectivity index is 0.0000000982. The van der Waals surface area contributed by atoms with Gasteiger partial charge in [0.2, 0.25) is 23.6 Å². The highest BCUT2D eigenvalue weighted by molar-refractivity contribution is 5.96. The number of nitrogens with one attached hydrogen (secondary N) is 1. The molecular weight excluding hydrogens is 1720 g/mol. The van der Waals surface area contributed by atoms with Crippen molar-refractivity contribution in [2.45, 2.75) is 346 Å². The summed E-state index contributed by atoms with van der Waals surface area (Å²) < 4.78 is 0. The van der Waals surface area contributed by atoms with Crippen LogP contribution in [0.5, 0.6) is 0 Å². The number of benzene rings is 6. The number of carbonyl (C=O) groups is 6. The maximum absolute atomic E-state index is 12.1. The van der Waals surface area contributed by atoms with Crippen LogP contribution < -0.4 is 28.3 Å². The molecule has 6 aromatic carbocycles. The van der Waals surface area contributed by atoms with Gasteiger partial charge in [-0.1, -0.05) is 87.8 Å². The largest absolute Gasteiger partial charge is 0.478 e. The molecule has 14 fully saturated rings. The second kappa shape index (κ2) is 34.8. The quantitative estimate of drug-likeness (QED) is 0.0606. The molecule has 0 spiro atoms. The number of nitrogens with zero attached hydrogens (tertiary/aromatic N) is 6. The molecule has 6 heterocycles. The number of carboxylic acids is 1. The average molecular weight is 1870 g/mol. The summed E-state index contributed by atoms with van der Waals surface area (Å²) in [4.78, 5) is 84.4. The van der Waals surface area contributed by atoms with E-state index in [0.717, 1.165) is 282 Å². The SMILES string of the molecule is CN1CCC23CCCC2(O)C1Cc1ccc(C(N)=O)cc13.CN1CCC23CCCCC2(O)C1Cc1ccc(C(=O)O)cc13.CN1CCC23CCCCC2(O)C1Cc1ccc(C(N)=O)cc13.CNC(=O)c1ccc2c(c1)C13CCCCC1(O)C(C2)N(C)CC3.NC(=O)c1ccc2c(c1)C13CCCC1(O)C(C2)N(CC1CC1)CC3.NC(=O)c1ccc2c(c1)C13CCCCC1(O)C(C2)N(CC1CC1)CC3. The van der Waals surface area contributed by atoms with Gasteiger partial charge < -0.3 is 83.6 Å². The van der Waals surface area contributed by atoms with Crippen LogP contribution in [0.4, 0.5) is 0 Å². The van der Waals surface area contributed by atoms with Crippen molar-refractivity contribution in [1.29, 1.82) is 0 Å². The normalized spacial score (nSPS) is 37.2. The van der Waals surface area contributed by atoms with Gasteiger partial charge in [0, 0.05) is 117 Å². The van der Waals surface area contributed by atoms with Crippen molar-refractivity contribution in [2.75, 3.05) is 87.6 Å². The highest BCUT2D eigenvalue weighted by Gasteiger charge is 2.71. The predicted molar refractivity (Wildman–Crippen MR) is 526 cm³/mol. The number of fused-ring (bicyclic) bond motifs is 6. The van der Waals surface area contributed by atoms with Crippen LogP contribution in [0.2, 0.25) is 0 Å². The van der Waals surface area contributed by atoms with Crippen LogP contribution in [0.3, 0.4) is 0 Å². The number of aromatic carboxylic acids is 1. The molecule has 18 unspecified atom stereocenters. The zero-order valence-electron chi connectivity index (χ0n) is 81.6. The zero-order valence-corrected chi connectivity index (χ0v) is 81.6. The minimum Gasteiger partial charge on any atom is -0.478 e. The summed E-state index contributed by atoms with van der Waals surface area (Å²) in [5, 5.41) is 82.3. The third-order valence-electron chi connectivity index (χ3n) is 41.0. The molecule has 5 amide bonds. The van der Waals surface area contributed by atoms with Crippen LogP contribution in [0.15, 0.2) is 109 Å².